The lowest BCUT2D eigenvalue weighted by molar-refractivity contribution is 0.255. The number of fused-ring (bicyclic) bond motifs is 1. The summed E-state index contributed by atoms with van der Waals surface area (Å²) in [5, 5.41) is 0. The molecule has 0 saturated carbocycles. The first-order chi connectivity index (χ1) is 11.2. The standard InChI is InChI=1S/C19H22BrNO2/c1-22-18-11-15-8-10-21(13-16(15)12-19(18)23-2)9-7-14-3-5-17(20)6-4-14/h3-6,11-12H,7-10,13H2,1-2H3. The number of rotatable bonds is 5. The van der Waals surface area contributed by atoms with Crippen LogP contribution in [0.1, 0.15) is 16.7 Å². The van der Waals surface area contributed by atoms with Gasteiger partial charge in [0.1, 0.15) is 0 Å². The van der Waals surface area contributed by atoms with Crippen molar-refractivity contribution in [2.75, 3.05) is 27.3 Å². The van der Waals surface area contributed by atoms with Crippen LogP contribution in [-0.2, 0) is 19.4 Å². The Balaban J connectivity index is 1.66. The van der Waals surface area contributed by atoms with E-state index in [0.29, 0.717) is 0 Å². The molecule has 0 aromatic heterocycles. The Hall–Kier alpha value is -1.52. The molecule has 0 radical (unpaired) electrons. The Morgan fingerprint density at radius 3 is 2.30 bits per heavy atom. The molecule has 0 unspecified atom stereocenters. The highest BCUT2D eigenvalue weighted by Gasteiger charge is 2.19. The van der Waals surface area contributed by atoms with E-state index in [0.717, 1.165) is 48.4 Å². The van der Waals surface area contributed by atoms with Crippen LogP contribution in [0.15, 0.2) is 40.9 Å². The van der Waals surface area contributed by atoms with Crippen LogP contribution < -0.4 is 9.47 Å². The predicted octanol–water partition coefficient (Wildman–Crippen LogP) is 4.07. The quantitative estimate of drug-likeness (QED) is 0.786. The van der Waals surface area contributed by atoms with Crippen molar-refractivity contribution in [2.45, 2.75) is 19.4 Å². The molecule has 1 heterocycles. The first-order valence-electron chi connectivity index (χ1n) is 7.90. The van der Waals surface area contributed by atoms with Gasteiger partial charge in [-0.25, -0.2) is 0 Å². The number of hydrogen-bond acceptors (Lipinski definition) is 3. The maximum Gasteiger partial charge on any atom is 0.161 e. The third-order valence-electron chi connectivity index (χ3n) is 4.43. The van der Waals surface area contributed by atoms with Gasteiger partial charge in [0.2, 0.25) is 0 Å². The number of ether oxygens (including phenoxy) is 2. The third kappa shape index (κ3) is 3.88. The fourth-order valence-electron chi connectivity index (χ4n) is 3.07. The van der Waals surface area contributed by atoms with E-state index in [1.54, 1.807) is 14.2 Å². The Morgan fingerprint density at radius 1 is 1.00 bits per heavy atom. The summed E-state index contributed by atoms with van der Waals surface area (Å²) in [4.78, 5) is 2.51. The normalized spacial score (nSPS) is 14.4. The van der Waals surface area contributed by atoms with Gasteiger partial charge in [0.25, 0.3) is 0 Å². The van der Waals surface area contributed by atoms with Crippen LogP contribution in [0.25, 0.3) is 0 Å². The average molecular weight is 376 g/mol. The zero-order chi connectivity index (χ0) is 16.2. The molecule has 0 N–H and O–H groups in total. The van der Waals surface area contributed by atoms with Crippen molar-refractivity contribution in [3.8, 4) is 11.5 Å². The van der Waals surface area contributed by atoms with Crippen molar-refractivity contribution in [3.63, 3.8) is 0 Å². The Kier molecular flexibility index (Phi) is 5.23. The fourth-order valence-corrected chi connectivity index (χ4v) is 3.34. The van der Waals surface area contributed by atoms with Crippen LogP contribution in [0.2, 0.25) is 0 Å². The Bertz CT molecular complexity index is 670. The zero-order valence-corrected chi connectivity index (χ0v) is 15.2. The minimum Gasteiger partial charge on any atom is -0.493 e. The monoisotopic (exact) mass is 375 g/mol. The van der Waals surface area contributed by atoms with Crippen molar-refractivity contribution in [1.29, 1.82) is 0 Å². The number of hydrogen-bond donors (Lipinski definition) is 0. The molecule has 122 valence electrons. The number of halogens is 1. The van der Waals surface area contributed by atoms with Crippen molar-refractivity contribution in [1.82, 2.24) is 4.90 Å². The van der Waals surface area contributed by atoms with E-state index in [1.807, 2.05) is 0 Å². The Morgan fingerprint density at radius 2 is 1.65 bits per heavy atom. The van der Waals surface area contributed by atoms with Crippen molar-refractivity contribution in [2.24, 2.45) is 0 Å². The number of benzene rings is 2. The molecule has 0 saturated heterocycles. The smallest absolute Gasteiger partial charge is 0.161 e. The topological polar surface area (TPSA) is 21.7 Å². The summed E-state index contributed by atoms with van der Waals surface area (Å²) in [7, 11) is 3.38. The minimum absolute atomic E-state index is 0.820. The molecule has 3 nitrogen and oxygen atoms in total. The van der Waals surface area contributed by atoms with Crippen LogP contribution in [0, 0.1) is 0 Å². The molecule has 0 spiro atoms. The summed E-state index contributed by atoms with van der Waals surface area (Å²) in [6.07, 6.45) is 2.14. The molecule has 2 aromatic carbocycles. The van der Waals surface area contributed by atoms with Crippen LogP contribution in [0.5, 0.6) is 11.5 Å². The molecule has 2 aromatic rings. The molecule has 0 aliphatic carbocycles. The molecule has 23 heavy (non-hydrogen) atoms. The number of nitrogens with zero attached hydrogens (tertiary/aromatic N) is 1. The lowest BCUT2D eigenvalue weighted by Gasteiger charge is -2.29. The molecule has 1 aliphatic rings. The molecule has 4 heteroatoms. The Labute approximate surface area is 146 Å². The van der Waals surface area contributed by atoms with E-state index < -0.39 is 0 Å². The number of methoxy groups -OCH3 is 2. The van der Waals surface area contributed by atoms with Gasteiger partial charge >= 0.3 is 0 Å². The highest BCUT2D eigenvalue weighted by Crippen LogP contribution is 2.33. The molecule has 0 fully saturated rings. The van der Waals surface area contributed by atoms with Crippen molar-refractivity contribution >= 4 is 15.9 Å². The summed E-state index contributed by atoms with van der Waals surface area (Å²) in [6, 6.07) is 12.8. The second kappa shape index (κ2) is 7.37. The predicted molar refractivity (Wildman–Crippen MR) is 96.4 cm³/mol. The zero-order valence-electron chi connectivity index (χ0n) is 13.6. The van der Waals surface area contributed by atoms with Crippen molar-refractivity contribution < 1.29 is 9.47 Å². The van der Waals surface area contributed by atoms with Gasteiger partial charge in [-0.3, -0.25) is 4.90 Å². The van der Waals surface area contributed by atoms with Crippen LogP contribution in [0.3, 0.4) is 0 Å². The van der Waals surface area contributed by atoms with Crippen LogP contribution in [0.4, 0.5) is 0 Å². The molecular formula is C19H22BrNO2. The second-order valence-corrected chi connectivity index (χ2v) is 6.79. The molecule has 3 rings (SSSR count). The van der Waals surface area contributed by atoms with Gasteiger partial charge in [-0.05, 0) is 53.8 Å². The lowest BCUT2D eigenvalue weighted by atomic mass is 9.98. The summed E-state index contributed by atoms with van der Waals surface area (Å²) in [5.74, 6) is 1.65. The average Bonchev–Trinajstić information content (AvgIpc) is 2.59. The van der Waals surface area contributed by atoms with E-state index in [4.69, 9.17) is 9.47 Å². The molecular weight excluding hydrogens is 354 g/mol. The summed E-state index contributed by atoms with van der Waals surface area (Å²) in [6.45, 7) is 3.15. The molecule has 0 bridgehead atoms. The maximum atomic E-state index is 5.43. The lowest BCUT2D eigenvalue weighted by Crippen LogP contribution is -2.32. The van der Waals surface area contributed by atoms with Gasteiger partial charge in [-0.15, -0.1) is 0 Å². The fraction of sp³-hybridized carbons (Fsp3) is 0.368. The van der Waals surface area contributed by atoms with E-state index in [1.165, 1.54) is 16.7 Å². The van der Waals surface area contributed by atoms with E-state index >= 15 is 0 Å². The van der Waals surface area contributed by atoms with Gasteiger partial charge in [-0.1, -0.05) is 28.1 Å². The molecule has 1 aliphatic heterocycles. The van der Waals surface area contributed by atoms with Gasteiger partial charge in [-0.2, -0.15) is 0 Å². The second-order valence-electron chi connectivity index (χ2n) is 5.88. The summed E-state index contributed by atoms with van der Waals surface area (Å²) in [5.41, 5.74) is 4.11. The summed E-state index contributed by atoms with van der Waals surface area (Å²) < 4.78 is 12.0. The molecule has 0 atom stereocenters. The van der Waals surface area contributed by atoms with Gasteiger partial charge in [0.15, 0.2) is 11.5 Å². The van der Waals surface area contributed by atoms with E-state index in [9.17, 15) is 0 Å². The van der Waals surface area contributed by atoms with Gasteiger partial charge < -0.3 is 9.47 Å². The minimum atomic E-state index is 0.820. The van der Waals surface area contributed by atoms with Gasteiger partial charge in [0, 0.05) is 24.1 Å². The van der Waals surface area contributed by atoms with E-state index in [-0.39, 0.29) is 0 Å². The third-order valence-corrected chi connectivity index (χ3v) is 4.96. The largest absolute Gasteiger partial charge is 0.493 e. The summed E-state index contributed by atoms with van der Waals surface area (Å²) >= 11 is 3.48. The van der Waals surface area contributed by atoms with Crippen LogP contribution >= 0.6 is 15.9 Å². The maximum absolute atomic E-state index is 5.43. The highest BCUT2D eigenvalue weighted by atomic mass is 79.9. The molecule has 0 amide bonds. The first-order valence-corrected chi connectivity index (χ1v) is 8.69. The van der Waals surface area contributed by atoms with Gasteiger partial charge in [0.05, 0.1) is 14.2 Å². The van der Waals surface area contributed by atoms with Crippen LogP contribution in [-0.4, -0.2) is 32.2 Å². The SMILES string of the molecule is COc1cc2c(cc1OC)CN(CCc1ccc(Br)cc1)CC2. The van der Waals surface area contributed by atoms with E-state index in [2.05, 4.69) is 57.2 Å². The van der Waals surface area contributed by atoms with Crippen molar-refractivity contribution in [3.05, 3.63) is 57.6 Å². The first kappa shape index (κ1) is 16.3. The highest BCUT2D eigenvalue weighted by molar-refractivity contribution is 9.10.